The van der Waals surface area contributed by atoms with Crippen molar-refractivity contribution in [2.45, 2.75) is 49.5 Å². The molecule has 7 nitrogen and oxygen atoms in total. The van der Waals surface area contributed by atoms with Crippen LogP contribution in [-0.4, -0.2) is 51.3 Å². The first kappa shape index (κ1) is 25.5. The highest BCUT2D eigenvalue weighted by Crippen LogP contribution is 2.33. The van der Waals surface area contributed by atoms with Crippen molar-refractivity contribution in [3.05, 3.63) is 54.1 Å². The fourth-order valence-corrected chi connectivity index (χ4v) is 5.30. The molecule has 1 unspecified atom stereocenters. The fraction of sp³-hybridized carbons (Fsp3) is 0.458. The fourth-order valence-electron chi connectivity index (χ4n) is 4.05. The highest BCUT2D eigenvalue weighted by atomic mass is 32.2. The summed E-state index contributed by atoms with van der Waals surface area (Å²) in [6.07, 6.45) is -1.19. The number of benzene rings is 2. The molecule has 0 radical (unpaired) electrons. The Bertz CT molecular complexity index is 1120. The zero-order chi connectivity index (χ0) is 25.1. The lowest BCUT2D eigenvalue weighted by molar-refractivity contribution is -0.274. The maximum Gasteiger partial charge on any atom is 0.573 e. The number of Topliss-reactive ketones (excluding diaryl/α,β-unsaturated/α-hetero) is 1. The second-order valence-corrected chi connectivity index (χ2v) is 10.4. The summed E-state index contributed by atoms with van der Waals surface area (Å²) in [5.41, 5.74) is 0.703. The van der Waals surface area contributed by atoms with Crippen LogP contribution in [0.1, 0.15) is 42.5 Å². The van der Waals surface area contributed by atoms with Gasteiger partial charge in [0.15, 0.2) is 5.78 Å². The molecule has 1 saturated carbocycles. The van der Waals surface area contributed by atoms with E-state index in [1.807, 2.05) is 4.90 Å². The number of ether oxygens (including phenoxy) is 2. The zero-order valence-corrected chi connectivity index (χ0v) is 19.8. The molecule has 2 aromatic carbocycles. The number of carbonyl (C=O) groups is 1. The topological polar surface area (TPSA) is 84.9 Å². The Balaban J connectivity index is 1.24. The van der Waals surface area contributed by atoms with E-state index in [0.29, 0.717) is 37.3 Å². The predicted octanol–water partition coefficient (Wildman–Crippen LogP) is 4.35. The van der Waals surface area contributed by atoms with Crippen LogP contribution < -0.4 is 14.2 Å². The van der Waals surface area contributed by atoms with Crippen LogP contribution in [0.4, 0.5) is 13.2 Å². The molecule has 1 atom stereocenters. The predicted molar refractivity (Wildman–Crippen MR) is 122 cm³/mol. The SMILES string of the molecule is O=C(c1ccc(OCCCN2CCCC2NS(=O)(=O)c2ccc(OC(F)(F)F)cc2)cc1)C1CC1. The van der Waals surface area contributed by atoms with E-state index in [1.54, 1.807) is 24.3 Å². The molecule has 2 fully saturated rings. The van der Waals surface area contributed by atoms with Gasteiger partial charge in [-0.25, -0.2) is 8.42 Å². The van der Waals surface area contributed by atoms with Gasteiger partial charge in [0.2, 0.25) is 10.0 Å². The van der Waals surface area contributed by atoms with Crippen LogP contribution in [0.3, 0.4) is 0 Å². The quantitative estimate of drug-likeness (QED) is 0.356. The minimum atomic E-state index is -4.84. The van der Waals surface area contributed by atoms with Crippen molar-refractivity contribution in [2.24, 2.45) is 5.92 Å². The van der Waals surface area contributed by atoms with Gasteiger partial charge in [0, 0.05) is 18.0 Å². The van der Waals surface area contributed by atoms with Gasteiger partial charge in [-0.05, 0) is 87.2 Å². The van der Waals surface area contributed by atoms with Crippen molar-refractivity contribution in [1.29, 1.82) is 0 Å². The van der Waals surface area contributed by atoms with Crippen LogP contribution in [0.2, 0.25) is 0 Å². The first-order valence-corrected chi connectivity index (χ1v) is 13.0. The Morgan fingerprint density at radius 2 is 1.66 bits per heavy atom. The van der Waals surface area contributed by atoms with Gasteiger partial charge in [0.1, 0.15) is 11.5 Å². The van der Waals surface area contributed by atoms with Crippen LogP contribution in [-0.2, 0) is 10.0 Å². The lowest BCUT2D eigenvalue weighted by Gasteiger charge is -2.25. The minimum Gasteiger partial charge on any atom is -0.494 e. The Morgan fingerprint density at radius 1 is 1.00 bits per heavy atom. The Morgan fingerprint density at radius 3 is 2.29 bits per heavy atom. The third-order valence-corrected chi connectivity index (χ3v) is 7.44. The van der Waals surface area contributed by atoms with Gasteiger partial charge in [-0.3, -0.25) is 9.69 Å². The highest BCUT2D eigenvalue weighted by molar-refractivity contribution is 7.89. The molecule has 1 aliphatic heterocycles. The van der Waals surface area contributed by atoms with Crippen LogP contribution in [0.25, 0.3) is 0 Å². The van der Waals surface area contributed by atoms with Crippen molar-refractivity contribution < 1.29 is 35.9 Å². The van der Waals surface area contributed by atoms with Gasteiger partial charge in [0.25, 0.3) is 0 Å². The number of sulfonamides is 1. The van der Waals surface area contributed by atoms with Crippen LogP contribution in [0.15, 0.2) is 53.4 Å². The van der Waals surface area contributed by atoms with Crippen LogP contribution in [0, 0.1) is 5.92 Å². The lowest BCUT2D eigenvalue weighted by Crippen LogP contribution is -2.44. The summed E-state index contributed by atoms with van der Waals surface area (Å²) >= 11 is 0. The van der Waals surface area contributed by atoms with E-state index in [1.165, 1.54) is 0 Å². The molecule has 4 rings (SSSR count). The van der Waals surface area contributed by atoms with E-state index in [9.17, 15) is 26.4 Å². The number of hydrogen-bond acceptors (Lipinski definition) is 6. The normalized spacial score (nSPS) is 19.0. The number of carbonyl (C=O) groups excluding carboxylic acids is 1. The maximum atomic E-state index is 12.7. The summed E-state index contributed by atoms with van der Waals surface area (Å²) in [4.78, 5) is 13.9. The molecule has 1 heterocycles. The molecule has 1 N–H and O–H groups in total. The summed E-state index contributed by atoms with van der Waals surface area (Å²) in [5.74, 6) is 0.553. The van der Waals surface area contributed by atoms with Gasteiger partial charge >= 0.3 is 6.36 Å². The van der Waals surface area contributed by atoms with Crippen molar-refractivity contribution in [3.63, 3.8) is 0 Å². The molecule has 0 bridgehead atoms. The van der Waals surface area contributed by atoms with Gasteiger partial charge < -0.3 is 9.47 Å². The summed E-state index contributed by atoms with van der Waals surface area (Å²) in [6, 6.07) is 11.2. The molecular formula is C24H27F3N2O5S. The van der Waals surface area contributed by atoms with E-state index >= 15 is 0 Å². The van der Waals surface area contributed by atoms with Crippen LogP contribution in [0.5, 0.6) is 11.5 Å². The molecule has 0 amide bonds. The van der Waals surface area contributed by atoms with E-state index in [4.69, 9.17) is 4.74 Å². The molecule has 2 aromatic rings. The first-order chi connectivity index (χ1) is 16.6. The monoisotopic (exact) mass is 512 g/mol. The zero-order valence-electron chi connectivity index (χ0n) is 19.0. The second kappa shape index (κ2) is 10.5. The van der Waals surface area contributed by atoms with Gasteiger partial charge in [0.05, 0.1) is 17.7 Å². The van der Waals surface area contributed by atoms with E-state index in [0.717, 1.165) is 50.1 Å². The maximum absolute atomic E-state index is 12.7. The van der Waals surface area contributed by atoms with E-state index in [2.05, 4.69) is 9.46 Å². The number of nitrogens with zero attached hydrogens (tertiary/aromatic N) is 1. The number of ketones is 1. The molecule has 190 valence electrons. The van der Waals surface area contributed by atoms with Crippen molar-refractivity contribution in [3.8, 4) is 11.5 Å². The second-order valence-electron chi connectivity index (χ2n) is 8.70. The third-order valence-electron chi connectivity index (χ3n) is 5.97. The number of rotatable bonds is 11. The van der Waals surface area contributed by atoms with Gasteiger partial charge in [-0.2, -0.15) is 4.72 Å². The average Bonchev–Trinajstić information content (AvgIpc) is 3.57. The van der Waals surface area contributed by atoms with Gasteiger partial charge in [-0.1, -0.05) is 0 Å². The Hall–Kier alpha value is -2.63. The number of hydrogen-bond donors (Lipinski definition) is 1. The third kappa shape index (κ3) is 7.18. The molecule has 2 aliphatic rings. The summed E-state index contributed by atoms with van der Waals surface area (Å²) < 4.78 is 74.5. The summed E-state index contributed by atoms with van der Waals surface area (Å²) in [5, 5.41) is 0. The molecule has 35 heavy (non-hydrogen) atoms. The van der Waals surface area contributed by atoms with Gasteiger partial charge in [-0.15, -0.1) is 13.2 Å². The molecule has 1 saturated heterocycles. The molecule has 11 heteroatoms. The van der Waals surface area contributed by atoms with E-state index < -0.39 is 28.3 Å². The molecule has 0 aromatic heterocycles. The van der Waals surface area contributed by atoms with Crippen molar-refractivity contribution in [1.82, 2.24) is 9.62 Å². The molecule has 0 spiro atoms. The number of halogens is 3. The first-order valence-electron chi connectivity index (χ1n) is 11.5. The van der Waals surface area contributed by atoms with Crippen LogP contribution >= 0.6 is 0 Å². The summed E-state index contributed by atoms with van der Waals surface area (Å²) in [6.45, 7) is 1.78. The smallest absolute Gasteiger partial charge is 0.494 e. The standard InChI is InChI=1S/C24H27F3N2O5S/c25-24(26,27)34-20-10-12-21(13-11-20)35(31,32)28-22-3-1-14-29(22)15-2-16-33-19-8-6-18(7-9-19)23(30)17-4-5-17/h6-13,17,22,28H,1-5,14-16H2. The summed E-state index contributed by atoms with van der Waals surface area (Å²) in [7, 11) is -3.91. The van der Waals surface area contributed by atoms with Crippen molar-refractivity contribution in [2.75, 3.05) is 19.7 Å². The lowest BCUT2D eigenvalue weighted by atomic mass is 10.1. The number of alkyl halides is 3. The Kier molecular flexibility index (Phi) is 7.67. The van der Waals surface area contributed by atoms with Crippen molar-refractivity contribution >= 4 is 15.8 Å². The highest BCUT2D eigenvalue weighted by Gasteiger charge is 2.32. The Labute approximate surface area is 202 Å². The number of nitrogens with one attached hydrogen (secondary N) is 1. The number of likely N-dealkylation sites (tertiary alicyclic amines) is 1. The van der Waals surface area contributed by atoms with E-state index in [-0.39, 0.29) is 16.6 Å². The minimum absolute atomic E-state index is 0.133. The average molecular weight is 513 g/mol. The molecular weight excluding hydrogens is 485 g/mol. The molecule has 1 aliphatic carbocycles. The largest absolute Gasteiger partial charge is 0.573 e.